The zero-order chi connectivity index (χ0) is 19.4. The monoisotopic (exact) mass is 381 g/mol. The third kappa shape index (κ3) is 4.51. The number of sulfonamides is 1. The van der Waals surface area contributed by atoms with Crippen LogP contribution in [0.3, 0.4) is 0 Å². The van der Waals surface area contributed by atoms with Crippen molar-refractivity contribution in [3.05, 3.63) is 83.7 Å². The minimum Gasteiger partial charge on any atom is -0.322 e. The smallest absolute Gasteiger partial charge is 0.261 e. The Morgan fingerprint density at radius 1 is 0.852 bits per heavy atom. The highest BCUT2D eigenvalue weighted by atomic mass is 32.2. The molecule has 0 saturated heterocycles. The van der Waals surface area contributed by atoms with Crippen molar-refractivity contribution in [2.24, 2.45) is 0 Å². The number of anilines is 2. The fourth-order valence-corrected chi connectivity index (χ4v) is 3.50. The second-order valence-corrected chi connectivity index (χ2v) is 7.80. The van der Waals surface area contributed by atoms with Crippen molar-refractivity contribution in [3.8, 4) is 0 Å². The maximum absolute atomic E-state index is 12.4. The molecule has 2 N–H and O–H groups in total. The number of amides is 1. The van der Waals surface area contributed by atoms with Gasteiger partial charge in [0.25, 0.3) is 15.9 Å². The van der Waals surface area contributed by atoms with Crippen LogP contribution < -0.4 is 10.0 Å². The molecule has 2 aromatic carbocycles. The van der Waals surface area contributed by atoms with Crippen molar-refractivity contribution in [2.75, 3.05) is 10.0 Å². The Morgan fingerprint density at radius 3 is 2.15 bits per heavy atom. The molecule has 3 rings (SSSR count). The van der Waals surface area contributed by atoms with Crippen LogP contribution in [0.2, 0.25) is 0 Å². The lowest BCUT2D eigenvalue weighted by Gasteiger charge is -2.10. The highest BCUT2D eigenvalue weighted by molar-refractivity contribution is 7.92. The Balaban J connectivity index is 1.74. The molecule has 6 nitrogen and oxygen atoms in total. The quantitative estimate of drug-likeness (QED) is 0.704. The van der Waals surface area contributed by atoms with Crippen molar-refractivity contribution in [1.29, 1.82) is 0 Å². The predicted molar refractivity (Wildman–Crippen MR) is 105 cm³/mol. The summed E-state index contributed by atoms with van der Waals surface area (Å²) >= 11 is 0. The largest absolute Gasteiger partial charge is 0.322 e. The van der Waals surface area contributed by atoms with Gasteiger partial charge in [-0.3, -0.25) is 14.5 Å². The van der Waals surface area contributed by atoms with Crippen LogP contribution >= 0.6 is 0 Å². The molecule has 1 heterocycles. The zero-order valence-electron chi connectivity index (χ0n) is 14.9. The van der Waals surface area contributed by atoms with Gasteiger partial charge < -0.3 is 5.32 Å². The van der Waals surface area contributed by atoms with Crippen LogP contribution in [0, 0.1) is 13.8 Å². The minimum absolute atomic E-state index is 0.0713. The fourth-order valence-electron chi connectivity index (χ4n) is 2.44. The Hall–Kier alpha value is -3.19. The second-order valence-electron chi connectivity index (χ2n) is 6.12. The molecule has 1 aromatic heterocycles. The maximum atomic E-state index is 12.4. The molecule has 0 unspecified atom stereocenters. The molecule has 0 aliphatic carbocycles. The van der Waals surface area contributed by atoms with Gasteiger partial charge >= 0.3 is 0 Å². The molecule has 0 aliphatic heterocycles. The number of nitrogens with zero attached hydrogens (tertiary/aromatic N) is 1. The lowest BCUT2D eigenvalue weighted by atomic mass is 10.1. The summed E-state index contributed by atoms with van der Waals surface area (Å²) in [7, 11) is -3.73. The molecule has 0 fully saturated rings. The molecular formula is C20H19N3O3S. The maximum Gasteiger partial charge on any atom is 0.261 e. The van der Waals surface area contributed by atoms with E-state index in [1.807, 2.05) is 32.0 Å². The number of pyridine rings is 1. The molecule has 0 aliphatic rings. The van der Waals surface area contributed by atoms with Gasteiger partial charge in [-0.25, -0.2) is 8.42 Å². The molecule has 0 atom stereocenters. The molecule has 1 amide bonds. The molecule has 138 valence electrons. The molecule has 0 spiro atoms. The van der Waals surface area contributed by atoms with Gasteiger partial charge in [-0.05, 0) is 73.5 Å². The Bertz CT molecular complexity index is 1060. The second kappa shape index (κ2) is 7.59. The predicted octanol–water partition coefficient (Wildman–Crippen LogP) is 3.75. The van der Waals surface area contributed by atoms with Gasteiger partial charge in [-0.15, -0.1) is 0 Å². The highest BCUT2D eigenvalue weighted by Gasteiger charge is 2.15. The van der Waals surface area contributed by atoms with E-state index in [1.165, 1.54) is 36.7 Å². The van der Waals surface area contributed by atoms with Crippen LogP contribution in [0.25, 0.3) is 0 Å². The first-order valence-electron chi connectivity index (χ1n) is 8.27. The van der Waals surface area contributed by atoms with Crippen LogP contribution in [0.5, 0.6) is 0 Å². The van der Waals surface area contributed by atoms with Crippen LogP contribution in [0.15, 0.2) is 71.9 Å². The average Bonchev–Trinajstić information content (AvgIpc) is 2.65. The average molecular weight is 381 g/mol. The third-order valence-electron chi connectivity index (χ3n) is 4.12. The van der Waals surface area contributed by atoms with Crippen LogP contribution in [-0.4, -0.2) is 19.3 Å². The number of aromatic nitrogens is 1. The van der Waals surface area contributed by atoms with E-state index in [9.17, 15) is 13.2 Å². The topological polar surface area (TPSA) is 88.2 Å². The van der Waals surface area contributed by atoms with Crippen molar-refractivity contribution in [1.82, 2.24) is 4.98 Å². The van der Waals surface area contributed by atoms with E-state index < -0.39 is 10.0 Å². The van der Waals surface area contributed by atoms with E-state index in [0.717, 1.165) is 11.1 Å². The number of carbonyl (C=O) groups excluding carboxylic acids is 1. The van der Waals surface area contributed by atoms with Crippen molar-refractivity contribution in [2.45, 2.75) is 18.7 Å². The number of aryl methyl sites for hydroxylation is 2. The standard InChI is InChI=1S/C20H19N3O3S/c1-14-3-6-18(13-15(14)2)22-20(24)16-4-7-19(8-5-16)27(25,26)23-17-9-11-21-12-10-17/h3-13H,1-2H3,(H,21,23)(H,22,24). The molecule has 0 radical (unpaired) electrons. The number of hydrogen-bond acceptors (Lipinski definition) is 4. The molecule has 7 heteroatoms. The minimum atomic E-state index is -3.73. The number of hydrogen-bond donors (Lipinski definition) is 2. The van der Waals surface area contributed by atoms with Gasteiger partial charge in [0.15, 0.2) is 0 Å². The van der Waals surface area contributed by atoms with Gasteiger partial charge in [-0.2, -0.15) is 0 Å². The number of carbonyl (C=O) groups is 1. The summed E-state index contributed by atoms with van der Waals surface area (Å²) in [5.74, 6) is -0.302. The normalized spacial score (nSPS) is 11.0. The highest BCUT2D eigenvalue weighted by Crippen LogP contribution is 2.18. The van der Waals surface area contributed by atoms with Crippen LogP contribution in [0.4, 0.5) is 11.4 Å². The SMILES string of the molecule is Cc1ccc(NC(=O)c2ccc(S(=O)(=O)Nc3ccncc3)cc2)cc1C. The van der Waals surface area contributed by atoms with E-state index in [4.69, 9.17) is 0 Å². The summed E-state index contributed by atoms with van der Waals surface area (Å²) < 4.78 is 27.3. The first kappa shape index (κ1) is 18.6. The lowest BCUT2D eigenvalue weighted by molar-refractivity contribution is 0.102. The number of rotatable bonds is 5. The van der Waals surface area contributed by atoms with E-state index in [-0.39, 0.29) is 10.8 Å². The molecular weight excluding hydrogens is 362 g/mol. The Kier molecular flexibility index (Phi) is 5.23. The van der Waals surface area contributed by atoms with Gasteiger partial charge in [0.1, 0.15) is 0 Å². The van der Waals surface area contributed by atoms with Gasteiger partial charge in [-0.1, -0.05) is 6.07 Å². The summed E-state index contributed by atoms with van der Waals surface area (Å²) in [5, 5.41) is 2.81. The summed E-state index contributed by atoms with van der Waals surface area (Å²) in [6, 6.07) is 14.5. The first-order valence-corrected chi connectivity index (χ1v) is 9.75. The van der Waals surface area contributed by atoms with Crippen molar-refractivity contribution >= 4 is 27.3 Å². The fraction of sp³-hybridized carbons (Fsp3) is 0.100. The molecule has 0 saturated carbocycles. The van der Waals surface area contributed by atoms with Crippen LogP contribution in [0.1, 0.15) is 21.5 Å². The van der Waals surface area contributed by atoms with E-state index in [0.29, 0.717) is 16.9 Å². The number of nitrogens with one attached hydrogen (secondary N) is 2. The molecule has 27 heavy (non-hydrogen) atoms. The molecule has 3 aromatic rings. The van der Waals surface area contributed by atoms with Crippen molar-refractivity contribution in [3.63, 3.8) is 0 Å². The summed E-state index contributed by atoms with van der Waals surface area (Å²) in [6.45, 7) is 3.97. The van der Waals surface area contributed by atoms with Gasteiger partial charge in [0, 0.05) is 23.6 Å². The zero-order valence-corrected chi connectivity index (χ0v) is 15.7. The lowest BCUT2D eigenvalue weighted by Crippen LogP contribution is -2.15. The Labute approximate surface area is 158 Å². The van der Waals surface area contributed by atoms with E-state index in [1.54, 1.807) is 12.1 Å². The van der Waals surface area contributed by atoms with Gasteiger partial charge in [0.2, 0.25) is 0 Å². The Morgan fingerprint density at radius 2 is 1.52 bits per heavy atom. The summed E-state index contributed by atoms with van der Waals surface area (Å²) in [6.07, 6.45) is 3.00. The first-order chi connectivity index (χ1) is 12.8. The summed E-state index contributed by atoms with van der Waals surface area (Å²) in [4.78, 5) is 16.3. The third-order valence-corrected chi connectivity index (χ3v) is 5.52. The van der Waals surface area contributed by atoms with E-state index >= 15 is 0 Å². The van der Waals surface area contributed by atoms with Gasteiger partial charge in [0.05, 0.1) is 10.6 Å². The summed E-state index contributed by atoms with van der Waals surface area (Å²) in [5.41, 5.74) is 3.71. The number of benzene rings is 2. The van der Waals surface area contributed by atoms with Crippen molar-refractivity contribution < 1.29 is 13.2 Å². The molecule has 0 bridgehead atoms. The van der Waals surface area contributed by atoms with Crippen LogP contribution in [-0.2, 0) is 10.0 Å². The van der Waals surface area contributed by atoms with E-state index in [2.05, 4.69) is 15.0 Å².